The van der Waals surface area contributed by atoms with Crippen molar-refractivity contribution in [2.45, 2.75) is 19.4 Å². The Labute approximate surface area is 105 Å². The van der Waals surface area contributed by atoms with Gasteiger partial charge in [-0.25, -0.2) is 0 Å². The first-order chi connectivity index (χ1) is 8.58. The molecule has 1 unspecified atom stereocenters. The predicted octanol–water partition coefficient (Wildman–Crippen LogP) is 2.28. The van der Waals surface area contributed by atoms with Crippen LogP contribution in [0.15, 0.2) is 42.6 Å². The SMILES string of the molecule is CC(N)Cc1cccn1-c1ccc([N+](=O)[O-])cc1. The number of aromatic nitrogens is 1. The van der Waals surface area contributed by atoms with Gasteiger partial charge in [0.2, 0.25) is 0 Å². The molecular formula is C13H15N3O2. The Bertz CT molecular complexity index is 544. The Hall–Kier alpha value is -2.14. The third-order valence-corrected chi connectivity index (χ3v) is 2.70. The molecule has 2 N–H and O–H groups in total. The highest BCUT2D eigenvalue weighted by molar-refractivity contribution is 5.42. The van der Waals surface area contributed by atoms with Gasteiger partial charge in [-0.3, -0.25) is 10.1 Å². The molecule has 18 heavy (non-hydrogen) atoms. The fourth-order valence-electron chi connectivity index (χ4n) is 1.90. The minimum Gasteiger partial charge on any atom is -0.328 e. The molecule has 5 heteroatoms. The lowest BCUT2D eigenvalue weighted by Crippen LogP contribution is -2.19. The van der Waals surface area contributed by atoms with Crippen molar-refractivity contribution in [3.05, 3.63) is 58.4 Å². The molecule has 0 fully saturated rings. The van der Waals surface area contributed by atoms with Crippen LogP contribution in [0.1, 0.15) is 12.6 Å². The lowest BCUT2D eigenvalue weighted by Gasteiger charge is -2.10. The van der Waals surface area contributed by atoms with Gasteiger partial charge in [0.25, 0.3) is 5.69 Å². The molecule has 1 heterocycles. The summed E-state index contributed by atoms with van der Waals surface area (Å²) < 4.78 is 1.99. The quantitative estimate of drug-likeness (QED) is 0.663. The van der Waals surface area contributed by atoms with Crippen LogP contribution in [-0.4, -0.2) is 15.5 Å². The van der Waals surface area contributed by atoms with Gasteiger partial charge in [-0.05, 0) is 31.2 Å². The molecule has 5 nitrogen and oxygen atoms in total. The Morgan fingerprint density at radius 3 is 2.56 bits per heavy atom. The number of hydrogen-bond donors (Lipinski definition) is 1. The summed E-state index contributed by atoms with van der Waals surface area (Å²) in [6.07, 6.45) is 2.70. The van der Waals surface area contributed by atoms with Crippen molar-refractivity contribution in [2.24, 2.45) is 5.73 Å². The van der Waals surface area contributed by atoms with Crippen LogP contribution in [0.3, 0.4) is 0 Å². The van der Waals surface area contributed by atoms with Crippen LogP contribution in [0.2, 0.25) is 0 Å². The maximum absolute atomic E-state index is 10.6. The van der Waals surface area contributed by atoms with E-state index >= 15 is 0 Å². The molecular weight excluding hydrogens is 230 g/mol. The molecule has 0 bridgehead atoms. The van der Waals surface area contributed by atoms with Gasteiger partial charge < -0.3 is 10.3 Å². The number of rotatable bonds is 4. The lowest BCUT2D eigenvalue weighted by atomic mass is 10.2. The molecule has 2 rings (SSSR count). The van der Waals surface area contributed by atoms with E-state index in [2.05, 4.69) is 0 Å². The van der Waals surface area contributed by atoms with Gasteiger partial charge in [-0.15, -0.1) is 0 Å². The average molecular weight is 245 g/mol. The first-order valence-electron chi connectivity index (χ1n) is 5.74. The number of benzene rings is 1. The van der Waals surface area contributed by atoms with E-state index in [1.165, 1.54) is 12.1 Å². The molecule has 0 aliphatic rings. The highest BCUT2D eigenvalue weighted by atomic mass is 16.6. The molecule has 0 aliphatic heterocycles. The topological polar surface area (TPSA) is 74.1 Å². The van der Waals surface area contributed by atoms with Gasteiger partial charge in [0.15, 0.2) is 0 Å². The van der Waals surface area contributed by atoms with E-state index in [0.29, 0.717) is 0 Å². The standard InChI is InChI=1S/C13H15N3O2/c1-10(14)9-13-3-2-8-15(13)11-4-6-12(7-5-11)16(17)18/h2-8,10H,9,14H2,1H3. The van der Waals surface area contributed by atoms with Crippen LogP contribution in [0.5, 0.6) is 0 Å². The number of nitro groups is 1. The van der Waals surface area contributed by atoms with Gasteiger partial charge in [-0.1, -0.05) is 0 Å². The lowest BCUT2D eigenvalue weighted by molar-refractivity contribution is -0.384. The molecule has 0 spiro atoms. The minimum absolute atomic E-state index is 0.0803. The number of nitrogens with zero attached hydrogens (tertiary/aromatic N) is 2. The van der Waals surface area contributed by atoms with E-state index in [0.717, 1.165) is 17.8 Å². The molecule has 2 aromatic rings. The monoisotopic (exact) mass is 245 g/mol. The van der Waals surface area contributed by atoms with Crippen molar-refractivity contribution in [3.8, 4) is 5.69 Å². The molecule has 1 aromatic heterocycles. The van der Waals surface area contributed by atoms with Gasteiger partial charge >= 0.3 is 0 Å². The first kappa shape index (κ1) is 12.3. The third-order valence-electron chi connectivity index (χ3n) is 2.70. The summed E-state index contributed by atoms with van der Waals surface area (Å²) in [4.78, 5) is 10.2. The van der Waals surface area contributed by atoms with E-state index in [-0.39, 0.29) is 11.7 Å². The van der Waals surface area contributed by atoms with E-state index in [1.807, 2.05) is 29.8 Å². The average Bonchev–Trinajstić information content (AvgIpc) is 2.76. The highest BCUT2D eigenvalue weighted by Crippen LogP contribution is 2.18. The molecule has 94 valence electrons. The van der Waals surface area contributed by atoms with Crippen LogP contribution in [0.25, 0.3) is 5.69 Å². The number of nitro benzene ring substituents is 1. The second kappa shape index (κ2) is 5.01. The Kier molecular flexibility index (Phi) is 3.43. The molecule has 0 saturated carbocycles. The van der Waals surface area contributed by atoms with Crippen molar-refractivity contribution in [1.29, 1.82) is 0 Å². The number of nitrogens with two attached hydrogens (primary N) is 1. The smallest absolute Gasteiger partial charge is 0.269 e. The summed E-state index contributed by atoms with van der Waals surface area (Å²) in [5.74, 6) is 0. The van der Waals surface area contributed by atoms with E-state index in [4.69, 9.17) is 5.73 Å². The summed E-state index contributed by atoms with van der Waals surface area (Å²) in [6, 6.07) is 10.5. The van der Waals surface area contributed by atoms with E-state index in [9.17, 15) is 10.1 Å². The minimum atomic E-state index is -0.400. The fraction of sp³-hybridized carbons (Fsp3) is 0.231. The predicted molar refractivity (Wildman–Crippen MR) is 69.8 cm³/mol. The van der Waals surface area contributed by atoms with Crippen LogP contribution in [0, 0.1) is 10.1 Å². The van der Waals surface area contributed by atoms with Crippen LogP contribution < -0.4 is 5.73 Å². The summed E-state index contributed by atoms with van der Waals surface area (Å²) >= 11 is 0. The number of non-ortho nitro benzene ring substituents is 1. The molecule has 0 aliphatic carbocycles. The van der Waals surface area contributed by atoms with Crippen molar-refractivity contribution in [1.82, 2.24) is 4.57 Å². The normalized spacial score (nSPS) is 12.3. The van der Waals surface area contributed by atoms with Crippen molar-refractivity contribution < 1.29 is 4.92 Å². The Morgan fingerprint density at radius 1 is 1.33 bits per heavy atom. The van der Waals surface area contributed by atoms with Crippen molar-refractivity contribution in [2.75, 3.05) is 0 Å². The van der Waals surface area contributed by atoms with Crippen molar-refractivity contribution in [3.63, 3.8) is 0 Å². The van der Waals surface area contributed by atoms with Gasteiger partial charge in [0.05, 0.1) is 4.92 Å². The molecule has 0 radical (unpaired) electrons. The zero-order chi connectivity index (χ0) is 13.1. The molecule has 0 saturated heterocycles. The maximum atomic E-state index is 10.6. The third kappa shape index (κ3) is 2.57. The Morgan fingerprint density at radius 2 is 2.00 bits per heavy atom. The summed E-state index contributed by atoms with van der Waals surface area (Å²) in [5.41, 5.74) is 7.89. The maximum Gasteiger partial charge on any atom is 0.269 e. The van der Waals surface area contributed by atoms with Crippen LogP contribution in [-0.2, 0) is 6.42 Å². The Balaban J connectivity index is 2.31. The van der Waals surface area contributed by atoms with Crippen LogP contribution in [0.4, 0.5) is 5.69 Å². The zero-order valence-electron chi connectivity index (χ0n) is 10.1. The second-order valence-corrected chi connectivity index (χ2v) is 4.32. The highest BCUT2D eigenvalue weighted by Gasteiger charge is 2.08. The molecule has 0 amide bonds. The van der Waals surface area contributed by atoms with E-state index < -0.39 is 4.92 Å². The van der Waals surface area contributed by atoms with E-state index in [1.54, 1.807) is 12.1 Å². The summed E-state index contributed by atoms with van der Waals surface area (Å²) in [5, 5.41) is 10.6. The van der Waals surface area contributed by atoms with Crippen LogP contribution >= 0.6 is 0 Å². The second-order valence-electron chi connectivity index (χ2n) is 4.32. The first-order valence-corrected chi connectivity index (χ1v) is 5.74. The van der Waals surface area contributed by atoms with Gasteiger partial charge in [-0.2, -0.15) is 0 Å². The van der Waals surface area contributed by atoms with Crippen molar-refractivity contribution >= 4 is 5.69 Å². The number of hydrogen-bond acceptors (Lipinski definition) is 3. The summed E-state index contributed by atoms with van der Waals surface area (Å²) in [7, 11) is 0. The summed E-state index contributed by atoms with van der Waals surface area (Å²) in [6.45, 7) is 1.95. The molecule has 1 atom stereocenters. The van der Waals surface area contributed by atoms with Gasteiger partial charge in [0.1, 0.15) is 0 Å². The molecule has 1 aromatic carbocycles. The fourth-order valence-corrected chi connectivity index (χ4v) is 1.90. The zero-order valence-corrected chi connectivity index (χ0v) is 10.1. The van der Waals surface area contributed by atoms with Gasteiger partial charge in [0, 0.05) is 42.2 Å². The largest absolute Gasteiger partial charge is 0.328 e.